The van der Waals surface area contributed by atoms with Crippen LogP contribution in [0.5, 0.6) is 0 Å². The molecule has 2 aromatic rings. The van der Waals surface area contributed by atoms with Gasteiger partial charge in [-0.15, -0.1) is 11.3 Å². The Kier molecular flexibility index (Phi) is 4.05. The molecule has 2 rings (SSSR count). The number of nitrogen functional groups attached to an aromatic ring is 1. The number of benzene rings is 1. The van der Waals surface area contributed by atoms with Crippen LogP contribution in [0.15, 0.2) is 34.1 Å². The highest BCUT2D eigenvalue weighted by Gasteiger charge is 2.34. The predicted octanol–water partition coefficient (Wildman–Crippen LogP) is 4.36. The summed E-state index contributed by atoms with van der Waals surface area (Å²) in [6, 6.07) is 4.87. The van der Waals surface area contributed by atoms with Crippen molar-refractivity contribution in [2.75, 3.05) is 11.1 Å². The molecular formula is C12H8BrF3N2OS. The van der Waals surface area contributed by atoms with E-state index in [9.17, 15) is 18.0 Å². The van der Waals surface area contributed by atoms with Gasteiger partial charge in [0.05, 0.1) is 11.3 Å². The third-order valence-corrected chi connectivity index (χ3v) is 4.26. The second-order valence-corrected chi connectivity index (χ2v) is 5.63. The van der Waals surface area contributed by atoms with Crippen molar-refractivity contribution >= 4 is 44.5 Å². The van der Waals surface area contributed by atoms with E-state index in [0.717, 1.165) is 23.5 Å². The minimum absolute atomic E-state index is 0.0207. The van der Waals surface area contributed by atoms with Crippen LogP contribution in [0, 0.1) is 0 Å². The number of carbonyl (C=O) groups is 1. The minimum atomic E-state index is -4.59. The molecule has 0 bridgehead atoms. The average molecular weight is 365 g/mol. The number of nitrogens with two attached hydrogens (primary N) is 1. The van der Waals surface area contributed by atoms with Crippen LogP contribution in [0.3, 0.4) is 0 Å². The van der Waals surface area contributed by atoms with Gasteiger partial charge in [-0.1, -0.05) is 0 Å². The van der Waals surface area contributed by atoms with Crippen molar-refractivity contribution in [3.05, 3.63) is 44.6 Å². The van der Waals surface area contributed by atoms with Crippen LogP contribution in [0.4, 0.5) is 24.5 Å². The van der Waals surface area contributed by atoms with E-state index < -0.39 is 17.6 Å². The van der Waals surface area contributed by atoms with Crippen LogP contribution in [-0.2, 0) is 6.18 Å². The van der Waals surface area contributed by atoms with Crippen molar-refractivity contribution in [2.45, 2.75) is 6.18 Å². The summed E-state index contributed by atoms with van der Waals surface area (Å²) in [6.07, 6.45) is -4.59. The number of amides is 1. The van der Waals surface area contributed by atoms with Gasteiger partial charge in [0, 0.05) is 10.2 Å². The highest BCUT2D eigenvalue weighted by molar-refractivity contribution is 9.10. The molecule has 0 spiro atoms. The molecule has 0 unspecified atom stereocenters. The lowest BCUT2D eigenvalue weighted by Gasteiger charge is -2.14. The van der Waals surface area contributed by atoms with E-state index in [4.69, 9.17) is 5.73 Å². The van der Waals surface area contributed by atoms with Crippen molar-refractivity contribution < 1.29 is 18.0 Å². The van der Waals surface area contributed by atoms with Gasteiger partial charge in [0.25, 0.3) is 5.91 Å². The maximum absolute atomic E-state index is 12.9. The van der Waals surface area contributed by atoms with Gasteiger partial charge in [-0.3, -0.25) is 4.79 Å². The van der Waals surface area contributed by atoms with Crippen molar-refractivity contribution in [3.63, 3.8) is 0 Å². The quantitative estimate of drug-likeness (QED) is 0.777. The summed E-state index contributed by atoms with van der Waals surface area (Å²) in [4.78, 5) is 12.2. The fourth-order valence-corrected chi connectivity index (χ4v) is 2.99. The normalized spacial score (nSPS) is 11.4. The van der Waals surface area contributed by atoms with E-state index in [-0.39, 0.29) is 11.4 Å². The molecule has 20 heavy (non-hydrogen) atoms. The van der Waals surface area contributed by atoms with E-state index in [1.807, 2.05) is 0 Å². The topological polar surface area (TPSA) is 55.1 Å². The molecule has 0 saturated heterocycles. The highest BCUT2D eigenvalue weighted by Crippen LogP contribution is 2.36. The molecule has 0 fully saturated rings. The fourth-order valence-electron chi connectivity index (χ4n) is 1.54. The number of carbonyl (C=O) groups excluding carboxylic acids is 1. The van der Waals surface area contributed by atoms with E-state index in [0.29, 0.717) is 9.35 Å². The minimum Gasteiger partial charge on any atom is -0.399 e. The van der Waals surface area contributed by atoms with Gasteiger partial charge >= 0.3 is 6.18 Å². The Morgan fingerprint density at radius 2 is 2.00 bits per heavy atom. The molecule has 0 aliphatic rings. The molecule has 1 amide bonds. The number of anilines is 2. The molecule has 106 valence electrons. The standard InChI is InChI=1S/C12H8BrF3N2OS/c13-8-3-4-20-10(8)11(19)18-9-2-1-6(17)5-7(9)12(14,15)16/h1-5H,17H2,(H,18,19). The van der Waals surface area contributed by atoms with Crippen LogP contribution < -0.4 is 11.1 Å². The van der Waals surface area contributed by atoms with Crippen molar-refractivity contribution in [2.24, 2.45) is 0 Å². The molecule has 0 atom stereocenters. The maximum Gasteiger partial charge on any atom is 0.418 e. The highest BCUT2D eigenvalue weighted by atomic mass is 79.9. The summed E-state index contributed by atoms with van der Waals surface area (Å²) in [5.74, 6) is -0.609. The average Bonchev–Trinajstić information content (AvgIpc) is 2.76. The van der Waals surface area contributed by atoms with Gasteiger partial charge in [-0.2, -0.15) is 13.2 Å². The summed E-state index contributed by atoms with van der Waals surface area (Å²) in [7, 11) is 0. The number of halogens is 4. The number of alkyl halides is 3. The Bertz CT molecular complexity index is 654. The maximum atomic E-state index is 12.9. The van der Waals surface area contributed by atoms with Crippen molar-refractivity contribution in [1.82, 2.24) is 0 Å². The van der Waals surface area contributed by atoms with E-state index in [1.54, 1.807) is 11.4 Å². The molecule has 0 aliphatic heterocycles. The summed E-state index contributed by atoms with van der Waals surface area (Å²) >= 11 is 4.29. The van der Waals surface area contributed by atoms with Crippen LogP contribution in [-0.4, -0.2) is 5.91 Å². The smallest absolute Gasteiger partial charge is 0.399 e. The Hall–Kier alpha value is -1.54. The Labute approximate surface area is 124 Å². The molecule has 1 heterocycles. The Morgan fingerprint density at radius 3 is 2.55 bits per heavy atom. The molecule has 0 saturated carbocycles. The molecule has 3 N–H and O–H groups in total. The molecule has 3 nitrogen and oxygen atoms in total. The molecule has 1 aromatic heterocycles. The second-order valence-electron chi connectivity index (χ2n) is 3.85. The fraction of sp³-hybridized carbons (Fsp3) is 0.0833. The first kappa shape index (κ1) is 14.9. The summed E-state index contributed by atoms with van der Waals surface area (Å²) < 4.78 is 39.2. The van der Waals surface area contributed by atoms with Crippen molar-refractivity contribution in [1.29, 1.82) is 0 Å². The number of thiophene rings is 1. The number of nitrogens with one attached hydrogen (secondary N) is 1. The number of hydrogen-bond donors (Lipinski definition) is 2. The molecule has 0 radical (unpaired) electrons. The zero-order valence-corrected chi connectivity index (χ0v) is 12.2. The first-order valence-corrected chi connectivity index (χ1v) is 6.97. The van der Waals surface area contributed by atoms with E-state index in [2.05, 4.69) is 21.2 Å². The third kappa shape index (κ3) is 3.13. The lowest BCUT2D eigenvalue weighted by molar-refractivity contribution is -0.136. The molecule has 1 aromatic carbocycles. The van der Waals surface area contributed by atoms with E-state index in [1.165, 1.54) is 6.07 Å². The Balaban J connectivity index is 2.35. The second kappa shape index (κ2) is 5.45. The van der Waals surface area contributed by atoms with Gasteiger partial charge in [0.2, 0.25) is 0 Å². The van der Waals surface area contributed by atoms with Gasteiger partial charge in [-0.05, 0) is 45.6 Å². The summed E-state index contributed by atoms with van der Waals surface area (Å²) in [6.45, 7) is 0. The zero-order valence-electron chi connectivity index (χ0n) is 9.79. The van der Waals surface area contributed by atoms with Gasteiger partial charge in [0.15, 0.2) is 0 Å². The lowest BCUT2D eigenvalue weighted by Crippen LogP contribution is -2.16. The molecule has 0 aliphatic carbocycles. The van der Waals surface area contributed by atoms with Crippen molar-refractivity contribution in [3.8, 4) is 0 Å². The largest absolute Gasteiger partial charge is 0.418 e. The number of hydrogen-bond acceptors (Lipinski definition) is 3. The summed E-state index contributed by atoms with van der Waals surface area (Å²) in [5, 5.41) is 3.91. The van der Waals surface area contributed by atoms with E-state index >= 15 is 0 Å². The first-order valence-electron chi connectivity index (χ1n) is 5.30. The third-order valence-electron chi connectivity index (χ3n) is 2.42. The zero-order chi connectivity index (χ0) is 14.9. The molecular weight excluding hydrogens is 357 g/mol. The SMILES string of the molecule is Nc1ccc(NC(=O)c2sccc2Br)c(C(F)(F)F)c1. The van der Waals surface area contributed by atoms with Crippen LogP contribution in [0.2, 0.25) is 0 Å². The Morgan fingerprint density at radius 1 is 1.30 bits per heavy atom. The monoisotopic (exact) mass is 364 g/mol. The molecule has 8 heteroatoms. The summed E-state index contributed by atoms with van der Waals surface area (Å²) in [5.41, 5.74) is 4.04. The predicted molar refractivity (Wildman–Crippen MR) is 75.8 cm³/mol. The first-order chi connectivity index (χ1) is 9.29. The lowest BCUT2D eigenvalue weighted by atomic mass is 10.1. The van der Waals surface area contributed by atoms with Gasteiger partial charge in [-0.25, -0.2) is 0 Å². The number of rotatable bonds is 2. The van der Waals surface area contributed by atoms with Crippen LogP contribution in [0.25, 0.3) is 0 Å². The van der Waals surface area contributed by atoms with Gasteiger partial charge < -0.3 is 11.1 Å². The van der Waals surface area contributed by atoms with Crippen LogP contribution in [0.1, 0.15) is 15.2 Å². The van der Waals surface area contributed by atoms with Crippen LogP contribution >= 0.6 is 27.3 Å². The van der Waals surface area contributed by atoms with Gasteiger partial charge in [0.1, 0.15) is 4.88 Å².